The average Bonchev–Trinajstić information content (AvgIpc) is 3.19. The second-order valence-corrected chi connectivity index (χ2v) is 6.38. The third kappa shape index (κ3) is 4.90. The highest BCUT2D eigenvalue weighted by Crippen LogP contribution is 2.28. The number of carbonyl (C=O) groups excluding carboxylic acids is 1. The fraction of sp³-hybridized carbons (Fsp3) is 0.562. The molecule has 21 heavy (non-hydrogen) atoms. The third-order valence-electron chi connectivity index (χ3n) is 3.48. The highest BCUT2D eigenvalue weighted by molar-refractivity contribution is 6.31. The van der Waals surface area contributed by atoms with Gasteiger partial charge in [0.05, 0.1) is 6.54 Å². The number of amides is 1. The Morgan fingerprint density at radius 1 is 1.43 bits per heavy atom. The average molecular weight is 310 g/mol. The minimum absolute atomic E-state index is 0.0218. The molecule has 4 nitrogen and oxygen atoms in total. The van der Waals surface area contributed by atoms with Crippen LogP contribution in [0, 0.1) is 0 Å². The van der Waals surface area contributed by atoms with Crippen LogP contribution in [0.5, 0.6) is 0 Å². The van der Waals surface area contributed by atoms with Gasteiger partial charge in [-0.2, -0.15) is 0 Å². The van der Waals surface area contributed by atoms with Gasteiger partial charge in [0.2, 0.25) is 5.91 Å². The summed E-state index contributed by atoms with van der Waals surface area (Å²) in [6.07, 6.45) is 2.48. The molecule has 0 radical (unpaired) electrons. The van der Waals surface area contributed by atoms with Gasteiger partial charge in [-0.15, -0.1) is 0 Å². The molecular weight excluding hydrogens is 286 g/mol. The Hall–Kier alpha value is -1.26. The maximum Gasteiger partial charge on any atom is 0.239 e. The van der Waals surface area contributed by atoms with Crippen molar-refractivity contribution in [1.29, 1.82) is 0 Å². The van der Waals surface area contributed by atoms with Gasteiger partial charge < -0.3 is 15.5 Å². The van der Waals surface area contributed by atoms with E-state index in [0.717, 1.165) is 22.8 Å². The minimum atomic E-state index is 0.0218. The van der Waals surface area contributed by atoms with Crippen LogP contribution in [0.15, 0.2) is 18.2 Å². The first kappa shape index (κ1) is 16.1. The Morgan fingerprint density at radius 3 is 2.76 bits per heavy atom. The summed E-state index contributed by atoms with van der Waals surface area (Å²) in [6.45, 7) is 5.00. The van der Waals surface area contributed by atoms with Gasteiger partial charge in [-0.1, -0.05) is 17.7 Å². The van der Waals surface area contributed by atoms with Crippen LogP contribution in [0.2, 0.25) is 5.02 Å². The van der Waals surface area contributed by atoms with E-state index >= 15 is 0 Å². The van der Waals surface area contributed by atoms with Gasteiger partial charge in [-0.05, 0) is 38.8 Å². The van der Waals surface area contributed by atoms with E-state index in [1.165, 1.54) is 12.8 Å². The summed E-state index contributed by atoms with van der Waals surface area (Å²) >= 11 is 6.33. The Kier molecular flexibility index (Phi) is 5.48. The molecule has 0 heterocycles. The second-order valence-electron chi connectivity index (χ2n) is 5.97. The summed E-state index contributed by atoms with van der Waals surface area (Å²) < 4.78 is 0. The highest BCUT2D eigenvalue weighted by atomic mass is 35.5. The third-order valence-corrected chi connectivity index (χ3v) is 3.83. The number of nitrogens with zero attached hydrogens (tertiary/aromatic N) is 1. The van der Waals surface area contributed by atoms with Crippen LogP contribution in [0.1, 0.15) is 32.3 Å². The summed E-state index contributed by atoms with van der Waals surface area (Å²) in [6, 6.07) is 6.62. The summed E-state index contributed by atoms with van der Waals surface area (Å²) in [7, 11) is 1.92. The van der Waals surface area contributed by atoms with Crippen LogP contribution in [0.25, 0.3) is 0 Å². The molecule has 2 rings (SSSR count). The Morgan fingerprint density at radius 2 is 2.14 bits per heavy atom. The molecule has 0 bridgehead atoms. The van der Waals surface area contributed by atoms with Gasteiger partial charge in [0.25, 0.3) is 0 Å². The minimum Gasteiger partial charge on any atom is -0.365 e. The number of anilines is 1. The molecule has 1 saturated carbocycles. The summed E-state index contributed by atoms with van der Waals surface area (Å²) in [5, 5.41) is 7.14. The predicted octanol–water partition coefficient (Wildman–Crippen LogP) is 2.55. The Labute approximate surface area is 131 Å². The number of nitrogens with one attached hydrogen (secondary N) is 2. The predicted molar refractivity (Wildman–Crippen MR) is 87.9 cm³/mol. The van der Waals surface area contributed by atoms with Crippen molar-refractivity contribution in [2.75, 3.05) is 18.5 Å². The lowest BCUT2D eigenvalue weighted by Crippen LogP contribution is -2.39. The first-order valence-electron chi connectivity index (χ1n) is 7.48. The molecule has 1 aromatic rings. The molecule has 1 amide bonds. The van der Waals surface area contributed by atoms with E-state index in [4.69, 9.17) is 11.6 Å². The zero-order chi connectivity index (χ0) is 15.4. The molecule has 1 aliphatic carbocycles. The molecule has 5 heteroatoms. The van der Waals surface area contributed by atoms with Crippen LogP contribution < -0.4 is 15.5 Å². The molecule has 1 aromatic carbocycles. The van der Waals surface area contributed by atoms with Crippen molar-refractivity contribution in [2.24, 2.45) is 0 Å². The number of rotatable bonds is 7. The molecule has 116 valence electrons. The van der Waals surface area contributed by atoms with E-state index in [2.05, 4.69) is 10.6 Å². The molecule has 0 spiro atoms. The monoisotopic (exact) mass is 309 g/mol. The van der Waals surface area contributed by atoms with Crippen LogP contribution in [-0.4, -0.2) is 31.6 Å². The summed E-state index contributed by atoms with van der Waals surface area (Å²) in [5.41, 5.74) is 2.07. The topological polar surface area (TPSA) is 44.4 Å². The molecule has 1 fully saturated rings. The van der Waals surface area contributed by atoms with E-state index in [1.807, 2.05) is 44.0 Å². The van der Waals surface area contributed by atoms with Crippen molar-refractivity contribution in [3.63, 3.8) is 0 Å². The lowest BCUT2D eigenvalue weighted by atomic mass is 10.1. The molecule has 0 unspecified atom stereocenters. The number of likely N-dealkylation sites (N-methyl/N-ethyl adjacent to an activating group) is 1. The van der Waals surface area contributed by atoms with Crippen molar-refractivity contribution in [3.8, 4) is 0 Å². The molecule has 0 aromatic heterocycles. The van der Waals surface area contributed by atoms with Gasteiger partial charge in [-0.25, -0.2) is 0 Å². The molecule has 0 aliphatic heterocycles. The van der Waals surface area contributed by atoms with Gasteiger partial charge in [-0.3, -0.25) is 4.79 Å². The quantitative estimate of drug-likeness (QED) is 0.813. The van der Waals surface area contributed by atoms with E-state index in [1.54, 1.807) is 0 Å². The fourth-order valence-electron chi connectivity index (χ4n) is 2.28. The van der Waals surface area contributed by atoms with Crippen LogP contribution in [-0.2, 0) is 11.3 Å². The standard InChI is InChI=1S/C16H24ClN3O/c1-11(2)19-16(21)10-20(3)15-6-4-5-14(17)13(15)9-18-12-7-8-12/h4-6,11-12,18H,7-10H2,1-3H3,(H,19,21). The summed E-state index contributed by atoms with van der Waals surface area (Å²) in [5.74, 6) is 0.0218. The smallest absolute Gasteiger partial charge is 0.239 e. The molecule has 0 saturated heterocycles. The van der Waals surface area contributed by atoms with Gasteiger partial charge in [0.15, 0.2) is 0 Å². The maximum absolute atomic E-state index is 11.9. The molecule has 1 aliphatic rings. The first-order chi connectivity index (χ1) is 9.97. The molecular formula is C16H24ClN3O. The van der Waals surface area contributed by atoms with Crippen LogP contribution in [0.4, 0.5) is 5.69 Å². The van der Waals surface area contributed by atoms with E-state index in [0.29, 0.717) is 12.6 Å². The lowest BCUT2D eigenvalue weighted by molar-refractivity contribution is -0.120. The maximum atomic E-state index is 11.9. The largest absolute Gasteiger partial charge is 0.365 e. The first-order valence-corrected chi connectivity index (χ1v) is 7.86. The molecule has 0 atom stereocenters. The van der Waals surface area contributed by atoms with Crippen LogP contribution >= 0.6 is 11.6 Å². The number of benzene rings is 1. The van der Waals surface area contributed by atoms with E-state index in [9.17, 15) is 4.79 Å². The van der Waals surface area contributed by atoms with E-state index in [-0.39, 0.29) is 11.9 Å². The van der Waals surface area contributed by atoms with Gasteiger partial charge >= 0.3 is 0 Å². The number of halogens is 1. The molecule has 2 N–H and O–H groups in total. The van der Waals surface area contributed by atoms with Crippen molar-refractivity contribution in [2.45, 2.75) is 45.3 Å². The lowest BCUT2D eigenvalue weighted by Gasteiger charge is -2.23. The zero-order valence-corrected chi connectivity index (χ0v) is 13.7. The van der Waals surface area contributed by atoms with Crippen molar-refractivity contribution in [1.82, 2.24) is 10.6 Å². The number of hydrogen-bond acceptors (Lipinski definition) is 3. The van der Waals surface area contributed by atoms with Crippen LogP contribution in [0.3, 0.4) is 0 Å². The van der Waals surface area contributed by atoms with Crippen molar-refractivity contribution in [3.05, 3.63) is 28.8 Å². The Bertz CT molecular complexity index is 500. The highest BCUT2D eigenvalue weighted by Gasteiger charge is 2.22. The van der Waals surface area contributed by atoms with Crippen molar-refractivity contribution >= 4 is 23.2 Å². The Balaban J connectivity index is 2.05. The normalized spacial score (nSPS) is 14.3. The SMILES string of the molecule is CC(C)NC(=O)CN(C)c1cccc(Cl)c1CNC1CC1. The number of carbonyl (C=O) groups is 1. The second kappa shape index (κ2) is 7.14. The zero-order valence-electron chi connectivity index (χ0n) is 12.9. The van der Waals surface area contributed by atoms with Gasteiger partial charge in [0, 0.05) is 41.9 Å². The number of hydrogen-bond donors (Lipinski definition) is 2. The van der Waals surface area contributed by atoms with Gasteiger partial charge in [0.1, 0.15) is 0 Å². The fourth-order valence-corrected chi connectivity index (χ4v) is 2.52. The van der Waals surface area contributed by atoms with Crippen molar-refractivity contribution < 1.29 is 4.79 Å². The van der Waals surface area contributed by atoms with E-state index < -0.39 is 0 Å². The summed E-state index contributed by atoms with van der Waals surface area (Å²) in [4.78, 5) is 13.9.